The van der Waals surface area contributed by atoms with E-state index in [1.54, 1.807) is 19.9 Å². The first kappa shape index (κ1) is 8.43. The van der Waals surface area contributed by atoms with Crippen molar-refractivity contribution in [3.63, 3.8) is 0 Å². The highest BCUT2D eigenvalue weighted by Gasteiger charge is 2.23. The molecule has 0 saturated carbocycles. The Morgan fingerprint density at radius 2 is 2.27 bits per heavy atom. The van der Waals surface area contributed by atoms with E-state index in [4.69, 9.17) is 5.73 Å². The fourth-order valence-electron chi connectivity index (χ4n) is 0.725. The molecule has 0 bridgehead atoms. The Hall–Kier alpha value is -0.670. The van der Waals surface area contributed by atoms with Crippen LogP contribution >= 0.6 is 11.3 Å². The summed E-state index contributed by atoms with van der Waals surface area (Å²) in [6, 6.07) is 3.64. The molecule has 0 aliphatic rings. The van der Waals surface area contributed by atoms with Gasteiger partial charge in [0.1, 0.15) is 0 Å². The lowest BCUT2D eigenvalue weighted by Crippen LogP contribution is -2.41. The van der Waals surface area contributed by atoms with Gasteiger partial charge in [0.15, 0.2) is 5.78 Å². The highest BCUT2D eigenvalue weighted by atomic mass is 32.1. The maximum atomic E-state index is 11.4. The maximum Gasteiger partial charge on any atom is 0.191 e. The average molecular weight is 169 g/mol. The van der Waals surface area contributed by atoms with Crippen molar-refractivity contribution in [1.82, 2.24) is 0 Å². The second kappa shape index (κ2) is 2.75. The predicted molar refractivity (Wildman–Crippen MR) is 46.9 cm³/mol. The fraction of sp³-hybridized carbons (Fsp3) is 0.375. The Labute approximate surface area is 70.0 Å². The molecule has 0 aliphatic carbocycles. The van der Waals surface area contributed by atoms with E-state index >= 15 is 0 Å². The summed E-state index contributed by atoms with van der Waals surface area (Å²) in [5.74, 6) is 0.00694. The highest BCUT2D eigenvalue weighted by Crippen LogP contribution is 2.15. The number of hydrogen-bond acceptors (Lipinski definition) is 3. The third-order valence-electron chi connectivity index (χ3n) is 1.33. The Balaban J connectivity index is 2.88. The molecule has 1 rings (SSSR count). The number of carbonyl (C=O) groups is 1. The van der Waals surface area contributed by atoms with Gasteiger partial charge < -0.3 is 5.73 Å². The van der Waals surface area contributed by atoms with Crippen LogP contribution in [0.3, 0.4) is 0 Å². The largest absolute Gasteiger partial charge is 0.319 e. The van der Waals surface area contributed by atoms with Gasteiger partial charge in [-0.05, 0) is 25.3 Å². The summed E-state index contributed by atoms with van der Waals surface area (Å²) in [6.07, 6.45) is 0. The first-order chi connectivity index (χ1) is 5.02. The molecule has 2 nitrogen and oxygen atoms in total. The third-order valence-corrected chi connectivity index (χ3v) is 2.20. The predicted octanol–water partition coefficient (Wildman–Crippen LogP) is 1.67. The standard InChI is InChI=1S/C8H11NOS/c1-8(2,9)7(10)6-4-3-5-11-6/h3-5H,9H2,1-2H3. The highest BCUT2D eigenvalue weighted by molar-refractivity contribution is 7.12. The van der Waals surface area contributed by atoms with Crippen LogP contribution in [-0.4, -0.2) is 11.3 Å². The van der Waals surface area contributed by atoms with Crippen LogP contribution < -0.4 is 5.73 Å². The molecule has 0 amide bonds. The molecule has 60 valence electrons. The van der Waals surface area contributed by atoms with Crippen LogP contribution in [0, 0.1) is 0 Å². The molecule has 0 aromatic carbocycles. The van der Waals surface area contributed by atoms with E-state index in [1.807, 2.05) is 11.4 Å². The van der Waals surface area contributed by atoms with Gasteiger partial charge in [0.2, 0.25) is 0 Å². The van der Waals surface area contributed by atoms with Gasteiger partial charge in [0, 0.05) is 0 Å². The summed E-state index contributed by atoms with van der Waals surface area (Å²) in [6.45, 7) is 3.43. The molecule has 0 radical (unpaired) electrons. The van der Waals surface area contributed by atoms with Gasteiger partial charge in [-0.1, -0.05) is 6.07 Å². The minimum Gasteiger partial charge on any atom is -0.319 e. The summed E-state index contributed by atoms with van der Waals surface area (Å²) in [7, 11) is 0. The van der Waals surface area contributed by atoms with E-state index in [0.717, 1.165) is 4.88 Å². The molecule has 1 aromatic rings. The first-order valence-electron chi connectivity index (χ1n) is 3.39. The van der Waals surface area contributed by atoms with E-state index in [9.17, 15) is 4.79 Å². The van der Waals surface area contributed by atoms with Crippen LogP contribution in [0.4, 0.5) is 0 Å². The second-order valence-electron chi connectivity index (χ2n) is 3.03. The molecule has 2 N–H and O–H groups in total. The van der Waals surface area contributed by atoms with Crippen molar-refractivity contribution in [3.05, 3.63) is 22.4 Å². The van der Waals surface area contributed by atoms with E-state index in [1.165, 1.54) is 11.3 Å². The van der Waals surface area contributed by atoms with E-state index in [0.29, 0.717) is 0 Å². The summed E-state index contributed by atoms with van der Waals surface area (Å²) in [5.41, 5.74) is 4.88. The quantitative estimate of drug-likeness (QED) is 0.684. The van der Waals surface area contributed by atoms with Gasteiger partial charge in [-0.25, -0.2) is 0 Å². The average Bonchev–Trinajstić information content (AvgIpc) is 2.34. The lowest BCUT2D eigenvalue weighted by molar-refractivity contribution is 0.0918. The summed E-state index contributed by atoms with van der Waals surface area (Å²) >= 11 is 1.43. The van der Waals surface area contributed by atoms with Crippen LogP contribution in [0.15, 0.2) is 17.5 Å². The van der Waals surface area contributed by atoms with Crippen LogP contribution in [-0.2, 0) is 0 Å². The minimum absolute atomic E-state index is 0.00694. The number of carbonyl (C=O) groups excluding carboxylic acids is 1. The SMILES string of the molecule is CC(C)(N)C(=O)c1cccs1. The van der Waals surface area contributed by atoms with Gasteiger partial charge in [0.25, 0.3) is 0 Å². The van der Waals surface area contributed by atoms with E-state index < -0.39 is 5.54 Å². The molecule has 0 aliphatic heterocycles. The van der Waals surface area contributed by atoms with Gasteiger partial charge in [-0.15, -0.1) is 11.3 Å². The Kier molecular flexibility index (Phi) is 2.11. The number of thiophene rings is 1. The van der Waals surface area contributed by atoms with Crippen molar-refractivity contribution >= 4 is 17.1 Å². The van der Waals surface area contributed by atoms with Crippen molar-refractivity contribution in [1.29, 1.82) is 0 Å². The Bertz CT molecular complexity index is 246. The molecule has 0 unspecified atom stereocenters. The lowest BCUT2D eigenvalue weighted by Gasteiger charge is -2.14. The van der Waals surface area contributed by atoms with Crippen molar-refractivity contribution in [2.75, 3.05) is 0 Å². The number of nitrogens with two attached hydrogens (primary N) is 1. The number of Topliss-reactive ketones (excluding diaryl/α,β-unsaturated/α-hetero) is 1. The Morgan fingerprint density at radius 1 is 1.64 bits per heavy atom. The summed E-state index contributed by atoms with van der Waals surface area (Å²) in [4.78, 5) is 12.1. The molecule has 0 atom stereocenters. The topological polar surface area (TPSA) is 43.1 Å². The van der Waals surface area contributed by atoms with Crippen molar-refractivity contribution in [3.8, 4) is 0 Å². The maximum absolute atomic E-state index is 11.4. The zero-order valence-electron chi connectivity index (χ0n) is 6.63. The zero-order chi connectivity index (χ0) is 8.48. The molecule has 1 aromatic heterocycles. The van der Waals surface area contributed by atoms with Crippen molar-refractivity contribution in [2.45, 2.75) is 19.4 Å². The summed E-state index contributed by atoms with van der Waals surface area (Å²) in [5, 5.41) is 1.87. The number of hydrogen-bond donors (Lipinski definition) is 1. The van der Waals surface area contributed by atoms with Crippen LogP contribution in [0.5, 0.6) is 0 Å². The molecule has 1 heterocycles. The molecule has 3 heteroatoms. The molecular weight excluding hydrogens is 158 g/mol. The smallest absolute Gasteiger partial charge is 0.191 e. The Morgan fingerprint density at radius 3 is 2.64 bits per heavy atom. The van der Waals surface area contributed by atoms with Crippen LogP contribution in [0.2, 0.25) is 0 Å². The van der Waals surface area contributed by atoms with E-state index in [-0.39, 0.29) is 5.78 Å². The normalized spacial score (nSPS) is 11.5. The first-order valence-corrected chi connectivity index (χ1v) is 4.27. The summed E-state index contributed by atoms with van der Waals surface area (Å²) < 4.78 is 0. The molecular formula is C8H11NOS. The van der Waals surface area contributed by atoms with Crippen LogP contribution in [0.25, 0.3) is 0 Å². The fourth-order valence-corrected chi connectivity index (χ4v) is 1.56. The van der Waals surface area contributed by atoms with Crippen molar-refractivity contribution < 1.29 is 4.79 Å². The minimum atomic E-state index is -0.745. The van der Waals surface area contributed by atoms with Gasteiger partial charge in [0.05, 0.1) is 10.4 Å². The number of ketones is 1. The lowest BCUT2D eigenvalue weighted by atomic mass is 10.00. The van der Waals surface area contributed by atoms with Crippen molar-refractivity contribution in [2.24, 2.45) is 5.73 Å². The van der Waals surface area contributed by atoms with Gasteiger partial charge in [-0.2, -0.15) is 0 Å². The van der Waals surface area contributed by atoms with Crippen LogP contribution in [0.1, 0.15) is 23.5 Å². The second-order valence-corrected chi connectivity index (χ2v) is 3.98. The molecule has 0 saturated heterocycles. The molecule has 0 spiro atoms. The molecule has 0 fully saturated rings. The monoisotopic (exact) mass is 169 g/mol. The zero-order valence-corrected chi connectivity index (χ0v) is 7.44. The van der Waals surface area contributed by atoms with Gasteiger partial charge >= 0.3 is 0 Å². The van der Waals surface area contributed by atoms with E-state index in [2.05, 4.69) is 0 Å². The molecule has 11 heavy (non-hydrogen) atoms. The van der Waals surface area contributed by atoms with Gasteiger partial charge in [-0.3, -0.25) is 4.79 Å². The third kappa shape index (κ3) is 1.88. The number of rotatable bonds is 2.